The van der Waals surface area contributed by atoms with Crippen LogP contribution >= 0.6 is 22.9 Å². The Morgan fingerprint density at radius 2 is 1.83 bits per heavy atom. The van der Waals surface area contributed by atoms with Crippen LogP contribution in [-0.4, -0.2) is 34.0 Å². The molecule has 0 saturated heterocycles. The standard InChI is InChI=1S/C27H24ClFN4OS/c1-31-14-12-21-22-15-33(27(34)30-20-10-8-19(29)9-11-20)25(17-4-6-18(28)7-5-17)23-3-2-13-32(23)26(22)35-24(21)16-31/h2-11,13,25H,12,14-16H2,1H3,(H,30,34)/t25-/m0/s1. The molecule has 0 bridgehead atoms. The van der Waals surface area contributed by atoms with Gasteiger partial charge in [0.1, 0.15) is 10.8 Å². The Hall–Kier alpha value is -3.13. The second-order valence-corrected chi connectivity index (χ2v) is 10.6. The van der Waals surface area contributed by atoms with Gasteiger partial charge < -0.3 is 19.7 Å². The molecule has 5 nitrogen and oxygen atoms in total. The summed E-state index contributed by atoms with van der Waals surface area (Å²) in [5.74, 6) is -0.339. The topological polar surface area (TPSA) is 40.5 Å². The van der Waals surface area contributed by atoms with Crippen molar-refractivity contribution in [2.24, 2.45) is 0 Å². The SMILES string of the molecule is CN1CCc2c(sc3c2CN(C(=O)Nc2ccc(F)cc2)[C@@H](c2ccc(Cl)cc2)c2cccn2-3)C1. The van der Waals surface area contributed by atoms with E-state index >= 15 is 0 Å². The predicted octanol–water partition coefficient (Wildman–Crippen LogP) is 6.46. The van der Waals surface area contributed by atoms with Gasteiger partial charge in [-0.25, -0.2) is 9.18 Å². The van der Waals surface area contributed by atoms with E-state index in [2.05, 4.69) is 34.1 Å². The number of benzene rings is 2. The van der Waals surface area contributed by atoms with Crippen LogP contribution < -0.4 is 5.32 Å². The molecule has 2 aromatic heterocycles. The third-order valence-corrected chi connectivity index (χ3v) is 8.31. The zero-order valence-corrected chi connectivity index (χ0v) is 20.7. The average Bonchev–Trinajstić information content (AvgIpc) is 3.43. The number of nitrogens with one attached hydrogen (secondary N) is 1. The average molecular weight is 507 g/mol. The van der Waals surface area contributed by atoms with Crippen molar-refractivity contribution in [2.75, 3.05) is 18.9 Å². The Balaban J connectivity index is 1.48. The van der Waals surface area contributed by atoms with E-state index in [1.54, 1.807) is 12.1 Å². The molecule has 1 N–H and O–H groups in total. The minimum atomic E-state index is -0.339. The van der Waals surface area contributed by atoms with Gasteiger partial charge in [-0.1, -0.05) is 23.7 Å². The van der Waals surface area contributed by atoms with Crippen LogP contribution in [0.5, 0.6) is 0 Å². The molecule has 0 spiro atoms. The summed E-state index contributed by atoms with van der Waals surface area (Å²) in [5, 5.41) is 4.82. The number of amides is 2. The molecule has 2 aliphatic heterocycles. The fraction of sp³-hybridized carbons (Fsp3) is 0.222. The van der Waals surface area contributed by atoms with Crippen molar-refractivity contribution >= 4 is 34.7 Å². The predicted molar refractivity (Wildman–Crippen MR) is 138 cm³/mol. The number of hydrogen-bond acceptors (Lipinski definition) is 3. The molecule has 8 heteroatoms. The summed E-state index contributed by atoms with van der Waals surface area (Å²) in [4.78, 5) is 19.4. The summed E-state index contributed by atoms with van der Waals surface area (Å²) in [6.07, 6.45) is 3.05. The van der Waals surface area contributed by atoms with E-state index in [0.29, 0.717) is 17.3 Å². The van der Waals surface area contributed by atoms with E-state index in [-0.39, 0.29) is 17.9 Å². The van der Waals surface area contributed by atoms with Crippen LogP contribution in [0.4, 0.5) is 14.9 Å². The lowest BCUT2D eigenvalue weighted by Crippen LogP contribution is -2.38. The van der Waals surface area contributed by atoms with Gasteiger partial charge in [0.15, 0.2) is 0 Å². The van der Waals surface area contributed by atoms with Gasteiger partial charge in [0.05, 0.1) is 18.3 Å². The van der Waals surface area contributed by atoms with Crippen LogP contribution in [0, 0.1) is 5.82 Å². The Morgan fingerprint density at radius 1 is 1.06 bits per heavy atom. The Bertz CT molecular complexity index is 1400. The molecule has 0 fully saturated rings. The quantitative estimate of drug-likeness (QED) is 0.339. The van der Waals surface area contributed by atoms with Gasteiger partial charge in [0.25, 0.3) is 0 Å². The monoisotopic (exact) mass is 506 g/mol. The highest BCUT2D eigenvalue weighted by molar-refractivity contribution is 7.15. The number of likely N-dealkylation sites (N-methyl/N-ethyl adjacent to an activating group) is 1. The third-order valence-electron chi connectivity index (χ3n) is 6.80. The van der Waals surface area contributed by atoms with Gasteiger partial charge in [0, 0.05) is 40.4 Å². The Labute approximate surface area is 212 Å². The lowest BCUT2D eigenvalue weighted by Gasteiger charge is -2.32. The van der Waals surface area contributed by atoms with Crippen LogP contribution in [0.15, 0.2) is 66.9 Å². The van der Waals surface area contributed by atoms with Crippen LogP contribution in [0.3, 0.4) is 0 Å². The highest BCUT2D eigenvalue weighted by atomic mass is 35.5. The van der Waals surface area contributed by atoms with E-state index in [1.807, 2.05) is 46.6 Å². The van der Waals surface area contributed by atoms with Crippen LogP contribution in [-0.2, 0) is 19.5 Å². The molecule has 0 saturated carbocycles. The van der Waals surface area contributed by atoms with E-state index in [1.165, 1.54) is 33.1 Å². The normalized spacial score (nSPS) is 17.3. The lowest BCUT2D eigenvalue weighted by molar-refractivity contribution is 0.194. The van der Waals surface area contributed by atoms with Crippen molar-refractivity contribution in [3.8, 4) is 5.00 Å². The second kappa shape index (κ2) is 8.82. The maximum Gasteiger partial charge on any atom is 0.322 e. The number of anilines is 1. The van der Waals surface area contributed by atoms with Gasteiger partial charge >= 0.3 is 6.03 Å². The fourth-order valence-electron chi connectivity index (χ4n) is 5.08. The first-order valence-electron chi connectivity index (χ1n) is 11.6. The summed E-state index contributed by atoms with van der Waals surface area (Å²) >= 11 is 8.02. The number of rotatable bonds is 2. The van der Waals surface area contributed by atoms with Crippen molar-refractivity contribution in [3.63, 3.8) is 0 Å². The zero-order valence-electron chi connectivity index (χ0n) is 19.2. The van der Waals surface area contributed by atoms with Gasteiger partial charge in [-0.15, -0.1) is 11.3 Å². The van der Waals surface area contributed by atoms with Crippen molar-refractivity contribution in [3.05, 3.63) is 105 Å². The van der Waals surface area contributed by atoms with Gasteiger partial charge in [-0.05, 0) is 73.1 Å². The lowest BCUT2D eigenvalue weighted by atomic mass is 10.0. The molecule has 2 aromatic carbocycles. The number of carbonyl (C=O) groups excluding carboxylic acids is 1. The first-order chi connectivity index (χ1) is 17.0. The van der Waals surface area contributed by atoms with E-state index in [9.17, 15) is 9.18 Å². The molecule has 178 valence electrons. The van der Waals surface area contributed by atoms with E-state index in [4.69, 9.17) is 11.6 Å². The van der Waals surface area contributed by atoms with E-state index in [0.717, 1.165) is 30.8 Å². The Morgan fingerprint density at radius 3 is 2.60 bits per heavy atom. The van der Waals surface area contributed by atoms with Crippen molar-refractivity contribution in [1.29, 1.82) is 0 Å². The molecule has 0 radical (unpaired) electrons. The highest BCUT2D eigenvalue weighted by Crippen LogP contribution is 2.43. The fourth-order valence-corrected chi connectivity index (χ4v) is 6.64. The first-order valence-corrected chi connectivity index (χ1v) is 12.8. The number of nitrogens with zero attached hydrogens (tertiary/aromatic N) is 3. The maximum absolute atomic E-state index is 13.8. The third kappa shape index (κ3) is 4.03. The number of carbonyl (C=O) groups is 1. The first kappa shape index (κ1) is 22.3. The number of aromatic nitrogens is 1. The highest BCUT2D eigenvalue weighted by Gasteiger charge is 2.36. The van der Waals surface area contributed by atoms with Gasteiger partial charge in [-0.2, -0.15) is 0 Å². The second-order valence-electron chi connectivity index (χ2n) is 9.10. The zero-order chi connectivity index (χ0) is 24.1. The van der Waals surface area contributed by atoms with Crippen molar-refractivity contribution in [1.82, 2.24) is 14.4 Å². The van der Waals surface area contributed by atoms with Crippen LogP contribution in [0.25, 0.3) is 5.00 Å². The molecule has 2 amide bonds. The molecule has 6 rings (SSSR count). The summed E-state index contributed by atoms with van der Waals surface area (Å²) in [7, 11) is 2.15. The Kier molecular flexibility index (Phi) is 5.63. The molecule has 1 atom stereocenters. The minimum absolute atomic E-state index is 0.231. The van der Waals surface area contributed by atoms with Gasteiger partial charge in [-0.3, -0.25) is 0 Å². The van der Waals surface area contributed by atoms with Crippen LogP contribution in [0.1, 0.15) is 33.3 Å². The molecule has 4 aromatic rings. The molecule has 0 aliphatic carbocycles. The molecule has 2 aliphatic rings. The smallest absolute Gasteiger partial charge is 0.310 e. The van der Waals surface area contributed by atoms with Gasteiger partial charge in [0.2, 0.25) is 0 Å². The van der Waals surface area contributed by atoms with Crippen LogP contribution in [0.2, 0.25) is 5.02 Å². The molecule has 35 heavy (non-hydrogen) atoms. The minimum Gasteiger partial charge on any atom is -0.310 e. The largest absolute Gasteiger partial charge is 0.322 e. The van der Waals surface area contributed by atoms with Crippen molar-refractivity contribution < 1.29 is 9.18 Å². The molecular formula is C27H24ClFN4OS. The number of hydrogen-bond donors (Lipinski definition) is 1. The number of thiophene rings is 1. The van der Waals surface area contributed by atoms with E-state index < -0.39 is 0 Å². The van der Waals surface area contributed by atoms with Crippen molar-refractivity contribution in [2.45, 2.75) is 25.6 Å². The summed E-state index contributed by atoms with van der Waals surface area (Å²) in [5.41, 5.74) is 5.13. The maximum atomic E-state index is 13.8. The molecule has 0 unspecified atom stereocenters. The summed E-state index contributed by atoms with van der Waals surface area (Å²) in [6.45, 7) is 2.40. The number of fused-ring (bicyclic) bond motifs is 5. The molecular weight excluding hydrogens is 483 g/mol. The number of halogens is 2. The summed E-state index contributed by atoms with van der Waals surface area (Å²) in [6, 6.07) is 17.1. The summed E-state index contributed by atoms with van der Waals surface area (Å²) < 4.78 is 15.7. The number of urea groups is 1. The molecule has 4 heterocycles.